The highest BCUT2D eigenvalue weighted by Gasteiger charge is 2.50. The van der Waals surface area contributed by atoms with Crippen molar-refractivity contribution in [3.63, 3.8) is 0 Å². The van der Waals surface area contributed by atoms with Crippen LogP contribution < -0.4 is 0 Å². The summed E-state index contributed by atoms with van der Waals surface area (Å²) in [4.78, 5) is 4.63. The SMILES string of the molecule is CCCCc1nc(C)c(O)n1CCC12CC3CC(CC(C3)C1)C2. The largest absolute Gasteiger partial charge is 0.493 e. The molecule has 1 aromatic heterocycles. The summed E-state index contributed by atoms with van der Waals surface area (Å²) < 4.78 is 2.13. The Labute approximate surface area is 140 Å². The quantitative estimate of drug-likeness (QED) is 0.815. The number of unbranched alkanes of at least 4 members (excludes halogenated alkanes) is 1. The van der Waals surface area contributed by atoms with E-state index < -0.39 is 0 Å². The number of aromatic hydroxyl groups is 1. The van der Waals surface area contributed by atoms with Crippen LogP contribution in [0.5, 0.6) is 5.88 Å². The van der Waals surface area contributed by atoms with Crippen molar-refractivity contribution in [2.75, 3.05) is 0 Å². The minimum Gasteiger partial charge on any atom is -0.493 e. The van der Waals surface area contributed by atoms with Gasteiger partial charge in [-0.15, -0.1) is 0 Å². The van der Waals surface area contributed by atoms with Crippen molar-refractivity contribution in [2.45, 2.75) is 84.6 Å². The van der Waals surface area contributed by atoms with Crippen LogP contribution in [0.4, 0.5) is 0 Å². The fourth-order valence-corrected chi connectivity index (χ4v) is 6.33. The molecule has 128 valence electrons. The topological polar surface area (TPSA) is 38.1 Å². The van der Waals surface area contributed by atoms with E-state index in [1.54, 1.807) is 0 Å². The smallest absolute Gasteiger partial charge is 0.214 e. The molecule has 4 fully saturated rings. The highest BCUT2D eigenvalue weighted by atomic mass is 16.3. The van der Waals surface area contributed by atoms with Crippen LogP contribution in [0.1, 0.15) is 76.2 Å². The van der Waals surface area contributed by atoms with Crippen LogP contribution >= 0.6 is 0 Å². The molecule has 0 unspecified atom stereocenters. The van der Waals surface area contributed by atoms with E-state index in [9.17, 15) is 5.11 Å². The van der Waals surface area contributed by atoms with E-state index in [2.05, 4.69) is 16.5 Å². The number of imidazole rings is 1. The van der Waals surface area contributed by atoms with Crippen molar-refractivity contribution in [1.82, 2.24) is 9.55 Å². The van der Waals surface area contributed by atoms with Gasteiger partial charge >= 0.3 is 0 Å². The molecule has 1 aromatic rings. The van der Waals surface area contributed by atoms with Gasteiger partial charge in [-0.25, -0.2) is 4.98 Å². The number of aryl methyl sites for hydroxylation is 2. The Balaban J connectivity index is 1.49. The van der Waals surface area contributed by atoms with Crippen LogP contribution in [0, 0.1) is 30.1 Å². The van der Waals surface area contributed by atoms with Crippen LogP contribution in [0.25, 0.3) is 0 Å². The summed E-state index contributed by atoms with van der Waals surface area (Å²) in [5.74, 6) is 4.56. The molecule has 0 amide bonds. The third-order valence-electron chi connectivity index (χ3n) is 6.97. The van der Waals surface area contributed by atoms with Crippen LogP contribution in [-0.2, 0) is 13.0 Å². The molecule has 1 heterocycles. The van der Waals surface area contributed by atoms with Gasteiger partial charge in [0.1, 0.15) is 5.82 Å². The van der Waals surface area contributed by atoms with Gasteiger partial charge in [-0.2, -0.15) is 0 Å². The molecule has 4 saturated carbocycles. The Kier molecular flexibility index (Phi) is 3.93. The Hall–Kier alpha value is -0.990. The number of hydrogen-bond donors (Lipinski definition) is 1. The van der Waals surface area contributed by atoms with Gasteiger partial charge in [-0.3, -0.25) is 4.57 Å². The van der Waals surface area contributed by atoms with Crippen LogP contribution in [0.3, 0.4) is 0 Å². The lowest BCUT2D eigenvalue weighted by Crippen LogP contribution is -2.46. The third-order valence-corrected chi connectivity index (χ3v) is 6.97. The van der Waals surface area contributed by atoms with Crippen molar-refractivity contribution in [3.05, 3.63) is 11.5 Å². The first-order valence-electron chi connectivity index (χ1n) is 9.83. The van der Waals surface area contributed by atoms with E-state index >= 15 is 0 Å². The molecule has 0 radical (unpaired) electrons. The van der Waals surface area contributed by atoms with Gasteiger partial charge in [-0.05, 0) is 81.5 Å². The van der Waals surface area contributed by atoms with Gasteiger partial charge in [0, 0.05) is 13.0 Å². The van der Waals surface area contributed by atoms with E-state index in [-0.39, 0.29) is 0 Å². The molecule has 4 aliphatic rings. The molecule has 3 heteroatoms. The lowest BCUT2D eigenvalue weighted by Gasteiger charge is -2.57. The molecule has 5 rings (SSSR count). The Morgan fingerprint density at radius 1 is 1.13 bits per heavy atom. The van der Waals surface area contributed by atoms with Gasteiger partial charge in [-0.1, -0.05) is 13.3 Å². The Morgan fingerprint density at radius 3 is 2.30 bits per heavy atom. The van der Waals surface area contributed by atoms with Crippen molar-refractivity contribution < 1.29 is 5.11 Å². The van der Waals surface area contributed by atoms with Crippen LogP contribution in [0.15, 0.2) is 0 Å². The standard InChI is InChI=1S/C20H32N2O/c1-3-4-5-18-21-14(2)19(23)22(18)7-6-20-11-15-8-16(12-20)10-17(9-15)13-20/h15-17,23H,3-13H2,1-2H3. The van der Waals surface area contributed by atoms with Gasteiger partial charge in [0.25, 0.3) is 0 Å². The number of hydrogen-bond acceptors (Lipinski definition) is 2. The zero-order chi connectivity index (χ0) is 16.0. The molecule has 4 aliphatic carbocycles. The first-order valence-corrected chi connectivity index (χ1v) is 9.83. The second kappa shape index (κ2) is 5.82. The monoisotopic (exact) mass is 316 g/mol. The predicted octanol–water partition coefficient (Wildman–Crippen LogP) is 4.85. The second-order valence-electron chi connectivity index (χ2n) is 8.86. The maximum atomic E-state index is 10.4. The molecule has 0 spiro atoms. The van der Waals surface area contributed by atoms with Gasteiger partial charge in [0.2, 0.25) is 5.88 Å². The average molecular weight is 316 g/mol. The number of rotatable bonds is 6. The number of aromatic nitrogens is 2. The zero-order valence-corrected chi connectivity index (χ0v) is 14.9. The summed E-state index contributed by atoms with van der Waals surface area (Å²) in [6.07, 6.45) is 13.5. The van der Waals surface area contributed by atoms with E-state index in [1.807, 2.05) is 6.92 Å². The van der Waals surface area contributed by atoms with E-state index in [0.29, 0.717) is 11.3 Å². The molecule has 0 atom stereocenters. The average Bonchev–Trinajstić information content (AvgIpc) is 2.76. The lowest BCUT2D eigenvalue weighted by atomic mass is 9.49. The molecule has 4 bridgehead atoms. The minimum absolute atomic E-state index is 0.417. The summed E-state index contributed by atoms with van der Waals surface area (Å²) in [6.45, 7) is 5.12. The van der Waals surface area contributed by atoms with Crippen LogP contribution in [0.2, 0.25) is 0 Å². The molecule has 23 heavy (non-hydrogen) atoms. The van der Waals surface area contributed by atoms with Crippen LogP contribution in [-0.4, -0.2) is 14.7 Å². The van der Waals surface area contributed by atoms with Gasteiger partial charge in [0.15, 0.2) is 0 Å². The predicted molar refractivity (Wildman–Crippen MR) is 92.5 cm³/mol. The maximum absolute atomic E-state index is 10.4. The maximum Gasteiger partial charge on any atom is 0.214 e. The minimum atomic E-state index is 0.417. The van der Waals surface area contributed by atoms with Gasteiger partial charge in [0.05, 0.1) is 5.69 Å². The van der Waals surface area contributed by atoms with E-state index in [4.69, 9.17) is 0 Å². The van der Waals surface area contributed by atoms with Crippen molar-refractivity contribution >= 4 is 0 Å². The van der Waals surface area contributed by atoms with Crippen molar-refractivity contribution in [3.8, 4) is 5.88 Å². The first kappa shape index (κ1) is 15.5. The summed E-state index contributed by atoms with van der Waals surface area (Å²) in [7, 11) is 0. The summed E-state index contributed by atoms with van der Waals surface area (Å²) in [5, 5.41) is 10.4. The van der Waals surface area contributed by atoms with E-state index in [1.165, 1.54) is 51.4 Å². The summed E-state index contributed by atoms with van der Waals surface area (Å²) in [5.41, 5.74) is 1.39. The fourth-order valence-electron chi connectivity index (χ4n) is 6.33. The lowest BCUT2D eigenvalue weighted by molar-refractivity contribution is -0.0594. The van der Waals surface area contributed by atoms with Crippen molar-refractivity contribution in [2.24, 2.45) is 23.2 Å². The highest BCUT2D eigenvalue weighted by molar-refractivity contribution is 5.21. The molecular formula is C20H32N2O. The molecule has 0 aromatic carbocycles. The normalized spacial score (nSPS) is 35.1. The van der Waals surface area contributed by atoms with Crippen molar-refractivity contribution in [1.29, 1.82) is 0 Å². The third kappa shape index (κ3) is 2.81. The molecule has 1 N–H and O–H groups in total. The zero-order valence-electron chi connectivity index (χ0n) is 14.9. The molecular weight excluding hydrogens is 284 g/mol. The first-order chi connectivity index (χ1) is 11.1. The second-order valence-corrected chi connectivity index (χ2v) is 8.86. The molecule has 0 aliphatic heterocycles. The van der Waals surface area contributed by atoms with Gasteiger partial charge < -0.3 is 5.11 Å². The Morgan fingerprint density at radius 2 is 1.74 bits per heavy atom. The highest BCUT2D eigenvalue weighted by Crippen LogP contribution is 2.61. The van der Waals surface area contributed by atoms with E-state index in [0.717, 1.165) is 48.7 Å². The molecule has 0 saturated heterocycles. The fraction of sp³-hybridized carbons (Fsp3) is 0.850. The summed E-state index contributed by atoms with van der Waals surface area (Å²) >= 11 is 0. The summed E-state index contributed by atoms with van der Waals surface area (Å²) in [6, 6.07) is 0. The number of nitrogens with zero attached hydrogens (tertiary/aromatic N) is 2. The Bertz CT molecular complexity index is 539. The molecule has 3 nitrogen and oxygen atoms in total.